The second-order valence-electron chi connectivity index (χ2n) is 10.5. The summed E-state index contributed by atoms with van der Waals surface area (Å²) in [6.07, 6.45) is 0. The molecule has 0 amide bonds. The van der Waals surface area contributed by atoms with E-state index in [-0.39, 0.29) is 0 Å². The summed E-state index contributed by atoms with van der Waals surface area (Å²) in [6.45, 7) is 0. The minimum Gasteiger partial charge on any atom is -0.0610 e. The van der Waals surface area contributed by atoms with Crippen LogP contribution in [0.4, 0.5) is 0 Å². The largest absolute Gasteiger partial charge is 0.0610 e. The average Bonchev–Trinajstić information content (AvgIpc) is 3.48. The molecule has 0 bridgehead atoms. The van der Waals surface area contributed by atoms with E-state index in [0.717, 1.165) is 0 Å². The predicted molar refractivity (Wildman–Crippen MR) is 161 cm³/mol. The van der Waals surface area contributed by atoms with Gasteiger partial charge in [0.2, 0.25) is 0 Å². The maximum atomic E-state index is 2.37. The highest BCUT2D eigenvalue weighted by Crippen LogP contribution is 2.49. The van der Waals surface area contributed by atoms with Gasteiger partial charge in [0.05, 0.1) is 0 Å². The number of rotatable bonds is 2. The first-order chi connectivity index (χ1) is 18.8. The summed E-state index contributed by atoms with van der Waals surface area (Å²) < 4.78 is 0. The van der Waals surface area contributed by atoms with E-state index in [1.54, 1.807) is 0 Å². The quantitative estimate of drug-likeness (QED) is 0.232. The average molecular weight is 479 g/mol. The summed E-state index contributed by atoms with van der Waals surface area (Å²) in [7, 11) is 0. The maximum absolute atomic E-state index is 2.37. The van der Waals surface area contributed by atoms with Gasteiger partial charge in [-0.3, -0.25) is 0 Å². The van der Waals surface area contributed by atoms with Crippen LogP contribution in [0.25, 0.3) is 88.3 Å². The van der Waals surface area contributed by atoms with Crippen LogP contribution in [0.15, 0.2) is 133 Å². The van der Waals surface area contributed by atoms with Gasteiger partial charge in [0, 0.05) is 0 Å². The molecule has 2 aliphatic rings. The maximum Gasteiger partial charge on any atom is -0.00264 e. The van der Waals surface area contributed by atoms with Crippen LogP contribution in [0.3, 0.4) is 0 Å². The van der Waals surface area contributed by atoms with E-state index in [2.05, 4.69) is 133 Å². The van der Waals surface area contributed by atoms with Gasteiger partial charge in [0.25, 0.3) is 0 Å². The van der Waals surface area contributed by atoms with E-state index in [4.69, 9.17) is 0 Å². The Balaban J connectivity index is 1.10. The fourth-order valence-electron chi connectivity index (χ4n) is 6.80. The fourth-order valence-corrected chi connectivity index (χ4v) is 6.80. The summed E-state index contributed by atoms with van der Waals surface area (Å²) in [5, 5.41) is 5.39. The first kappa shape index (κ1) is 20.2. The van der Waals surface area contributed by atoms with Crippen LogP contribution in [0, 0.1) is 0 Å². The highest BCUT2D eigenvalue weighted by Gasteiger charge is 2.22. The lowest BCUT2D eigenvalue weighted by Crippen LogP contribution is -1.84. The van der Waals surface area contributed by atoms with E-state index in [0.29, 0.717) is 0 Å². The minimum absolute atomic E-state index is 1.25. The Morgan fingerprint density at radius 2 is 0.579 bits per heavy atom. The van der Waals surface area contributed by atoms with Crippen LogP contribution < -0.4 is 0 Å². The van der Waals surface area contributed by atoms with Crippen LogP contribution >= 0.6 is 0 Å². The van der Waals surface area contributed by atoms with Crippen LogP contribution in [-0.2, 0) is 0 Å². The van der Waals surface area contributed by atoms with Gasteiger partial charge < -0.3 is 0 Å². The van der Waals surface area contributed by atoms with Gasteiger partial charge in [-0.1, -0.05) is 121 Å². The zero-order valence-electron chi connectivity index (χ0n) is 20.7. The molecule has 0 saturated carbocycles. The fraction of sp³-hybridized carbons (Fsp3) is 0. The summed E-state index contributed by atoms with van der Waals surface area (Å²) in [6, 6.07) is 49.5. The van der Waals surface area contributed by atoms with Gasteiger partial charge in [0.15, 0.2) is 0 Å². The molecular weight excluding hydrogens is 456 g/mol. The second-order valence-corrected chi connectivity index (χ2v) is 10.5. The summed E-state index contributed by atoms with van der Waals surface area (Å²) >= 11 is 0. The van der Waals surface area contributed by atoms with Gasteiger partial charge in [-0.15, -0.1) is 0 Å². The van der Waals surface area contributed by atoms with Crippen molar-refractivity contribution in [2.24, 2.45) is 0 Å². The van der Waals surface area contributed by atoms with E-state index in [1.165, 1.54) is 88.3 Å². The molecule has 0 heterocycles. The molecule has 0 nitrogen and oxygen atoms in total. The van der Waals surface area contributed by atoms with Gasteiger partial charge in [-0.25, -0.2) is 0 Å². The number of fused-ring (bicyclic) bond motifs is 6. The van der Waals surface area contributed by atoms with Crippen molar-refractivity contribution in [1.82, 2.24) is 0 Å². The van der Waals surface area contributed by atoms with Crippen LogP contribution in [0.5, 0.6) is 0 Å². The van der Waals surface area contributed by atoms with Crippen molar-refractivity contribution < 1.29 is 0 Å². The van der Waals surface area contributed by atoms with E-state index in [9.17, 15) is 0 Å². The molecule has 0 heteroatoms. The van der Waals surface area contributed by atoms with Gasteiger partial charge in [-0.05, 0) is 100 Å². The molecule has 0 atom stereocenters. The molecule has 174 valence electrons. The normalized spacial score (nSPS) is 12.2. The third kappa shape index (κ3) is 2.64. The van der Waals surface area contributed by atoms with Gasteiger partial charge in [-0.2, -0.15) is 0 Å². The Hall–Kier alpha value is -4.94. The SMILES string of the molecule is c1cc2c3c(cccc3c1)-c1cc(-c3ccc(-c4ccc5c(c4)-c4cccc6cccc-5c46)cc3)ccc1-2. The van der Waals surface area contributed by atoms with E-state index < -0.39 is 0 Å². The van der Waals surface area contributed by atoms with Crippen molar-refractivity contribution in [1.29, 1.82) is 0 Å². The van der Waals surface area contributed by atoms with Crippen LogP contribution in [0.1, 0.15) is 0 Å². The third-order valence-corrected chi connectivity index (χ3v) is 8.56. The van der Waals surface area contributed by atoms with Crippen LogP contribution in [0.2, 0.25) is 0 Å². The first-order valence-electron chi connectivity index (χ1n) is 13.3. The van der Waals surface area contributed by atoms with Crippen molar-refractivity contribution >= 4 is 21.5 Å². The minimum atomic E-state index is 1.25. The number of hydrogen-bond acceptors (Lipinski definition) is 0. The lowest BCUT2D eigenvalue weighted by Gasteiger charge is -2.10. The number of benzene rings is 7. The molecule has 0 N–H and O–H groups in total. The standard InChI is InChI=1S/C38H22/c1-5-25-7-3-11-33-35-21-27(17-19-29(35)31(9-1)37(25)33)23-13-15-24(16-14-23)28-18-20-30-32-10-2-6-26-8-4-12-34(38(26)32)36(30)22-28/h1-22H. The van der Waals surface area contributed by atoms with E-state index in [1.807, 2.05) is 0 Å². The van der Waals surface area contributed by atoms with Crippen molar-refractivity contribution in [2.45, 2.75) is 0 Å². The summed E-state index contributed by atoms with van der Waals surface area (Å²) in [5.74, 6) is 0. The molecule has 7 aromatic carbocycles. The summed E-state index contributed by atoms with van der Waals surface area (Å²) in [5.41, 5.74) is 15.8. The molecule has 9 rings (SSSR count). The second kappa shape index (κ2) is 7.31. The molecule has 0 aliphatic heterocycles. The monoisotopic (exact) mass is 478 g/mol. The molecule has 0 spiro atoms. The Morgan fingerprint density at radius 3 is 0.974 bits per heavy atom. The van der Waals surface area contributed by atoms with Crippen molar-refractivity contribution in [3.8, 4) is 66.8 Å². The predicted octanol–water partition coefficient (Wildman–Crippen LogP) is 10.6. The smallest absolute Gasteiger partial charge is 0.00264 e. The molecule has 2 aliphatic carbocycles. The Morgan fingerprint density at radius 1 is 0.237 bits per heavy atom. The molecule has 7 aromatic rings. The Labute approximate surface area is 221 Å². The highest BCUT2D eigenvalue weighted by molar-refractivity contribution is 6.16. The van der Waals surface area contributed by atoms with Crippen molar-refractivity contribution in [3.05, 3.63) is 133 Å². The molecule has 0 unspecified atom stereocenters. The Bertz CT molecular complexity index is 1940. The Kier molecular flexibility index (Phi) is 3.88. The summed E-state index contributed by atoms with van der Waals surface area (Å²) in [4.78, 5) is 0. The zero-order chi connectivity index (χ0) is 24.8. The van der Waals surface area contributed by atoms with Crippen LogP contribution in [-0.4, -0.2) is 0 Å². The molecule has 38 heavy (non-hydrogen) atoms. The van der Waals surface area contributed by atoms with Gasteiger partial charge >= 0.3 is 0 Å². The molecule has 0 radical (unpaired) electrons. The third-order valence-electron chi connectivity index (χ3n) is 8.56. The first-order valence-corrected chi connectivity index (χ1v) is 13.3. The molecule has 0 aromatic heterocycles. The molecular formula is C38H22. The molecule has 0 saturated heterocycles. The molecule has 0 fully saturated rings. The van der Waals surface area contributed by atoms with Gasteiger partial charge in [0.1, 0.15) is 0 Å². The topological polar surface area (TPSA) is 0 Å². The lowest BCUT2D eigenvalue weighted by molar-refractivity contribution is 1.59. The number of hydrogen-bond donors (Lipinski definition) is 0. The lowest BCUT2D eigenvalue weighted by atomic mass is 9.94. The van der Waals surface area contributed by atoms with Crippen molar-refractivity contribution in [3.63, 3.8) is 0 Å². The van der Waals surface area contributed by atoms with E-state index >= 15 is 0 Å². The highest BCUT2D eigenvalue weighted by atomic mass is 14.3. The zero-order valence-corrected chi connectivity index (χ0v) is 20.7. The van der Waals surface area contributed by atoms with Crippen molar-refractivity contribution in [2.75, 3.05) is 0 Å².